The number of aromatic nitrogens is 1. The third-order valence-electron chi connectivity index (χ3n) is 4.09. The van der Waals surface area contributed by atoms with Crippen molar-refractivity contribution in [1.29, 1.82) is 0 Å². The summed E-state index contributed by atoms with van der Waals surface area (Å²) in [6, 6.07) is 13.3. The molecule has 0 spiro atoms. The van der Waals surface area contributed by atoms with Crippen LogP contribution in [-0.4, -0.2) is 4.92 Å². The van der Waals surface area contributed by atoms with Gasteiger partial charge in [0.2, 0.25) is 5.52 Å². The number of benzene rings is 2. The van der Waals surface area contributed by atoms with Gasteiger partial charge in [-0.3, -0.25) is 10.1 Å². The first-order valence-corrected chi connectivity index (χ1v) is 9.82. The van der Waals surface area contributed by atoms with E-state index in [2.05, 4.69) is 41.1 Å². The Kier molecular flexibility index (Phi) is 4.48. The molecule has 1 aliphatic rings. The van der Waals surface area contributed by atoms with Gasteiger partial charge in [0.05, 0.1) is 15.6 Å². The molecule has 5 nitrogen and oxygen atoms in total. The highest BCUT2D eigenvalue weighted by Gasteiger charge is 2.20. The monoisotopic (exact) mass is 382 g/mol. The smallest absolute Gasteiger partial charge is 0.271 e. The summed E-state index contributed by atoms with van der Waals surface area (Å²) in [5.74, 6) is 0. The zero-order valence-electron chi connectivity index (χ0n) is 14.0. The Bertz CT molecular complexity index is 1040. The third-order valence-corrected chi connectivity index (χ3v) is 6.24. The molecule has 0 radical (unpaired) electrons. The van der Waals surface area contributed by atoms with Gasteiger partial charge < -0.3 is 5.32 Å². The van der Waals surface area contributed by atoms with E-state index in [1.165, 1.54) is 4.90 Å². The van der Waals surface area contributed by atoms with Gasteiger partial charge in [-0.15, -0.1) is 0 Å². The normalized spacial score (nSPS) is 14.9. The highest BCUT2D eigenvalue weighted by molar-refractivity contribution is 8.03. The summed E-state index contributed by atoms with van der Waals surface area (Å²) in [7, 11) is 0. The molecule has 2 aromatic carbocycles. The Labute approximate surface area is 158 Å². The van der Waals surface area contributed by atoms with Crippen LogP contribution in [0.25, 0.3) is 16.3 Å². The highest BCUT2D eigenvalue weighted by atomic mass is 32.2. The lowest BCUT2D eigenvalue weighted by Gasteiger charge is -1.95. The molecule has 130 valence electrons. The van der Waals surface area contributed by atoms with E-state index in [9.17, 15) is 10.1 Å². The number of nitrogens with zero attached hydrogens (tertiary/aromatic N) is 2. The van der Waals surface area contributed by atoms with Gasteiger partial charge in [0.25, 0.3) is 10.7 Å². The summed E-state index contributed by atoms with van der Waals surface area (Å²) in [6.07, 6.45) is 6.13. The average molecular weight is 382 g/mol. The number of para-hydroxylation sites is 1. The minimum absolute atomic E-state index is 0.129. The standard InChI is InChI=1S/C19H15N3O2S2/c1-2-21-15-11-10-13(22(23)24)12-17(15)26-19(21)9-5-8-18-20-14-6-3-4-7-16(14)25-18/h3-12H,2H2,1H3/p+1. The number of thiazole rings is 1. The Hall–Kier alpha value is -2.64. The molecule has 1 N–H and O–H groups in total. The number of anilines is 1. The molecule has 0 aliphatic carbocycles. The number of hydrogen-bond acceptors (Lipinski definition) is 5. The lowest BCUT2D eigenvalue weighted by Crippen LogP contribution is -2.33. The molecule has 1 aliphatic heterocycles. The fourth-order valence-electron chi connectivity index (χ4n) is 2.89. The van der Waals surface area contributed by atoms with Crippen molar-refractivity contribution in [3.8, 4) is 0 Å². The lowest BCUT2D eigenvalue weighted by atomic mass is 10.3. The second-order valence-corrected chi connectivity index (χ2v) is 7.85. The predicted molar refractivity (Wildman–Crippen MR) is 107 cm³/mol. The molecular formula is C19H16N3O2S2+. The van der Waals surface area contributed by atoms with Crippen LogP contribution < -0.4 is 9.88 Å². The first-order valence-electron chi connectivity index (χ1n) is 8.19. The summed E-state index contributed by atoms with van der Waals surface area (Å²) in [4.78, 5) is 11.9. The van der Waals surface area contributed by atoms with E-state index in [0.29, 0.717) is 0 Å². The molecule has 0 amide bonds. The number of thioether (sulfide) groups is 1. The van der Waals surface area contributed by atoms with Crippen LogP contribution in [0.15, 0.2) is 64.5 Å². The Morgan fingerprint density at radius 3 is 2.88 bits per heavy atom. The molecular weight excluding hydrogens is 366 g/mol. The van der Waals surface area contributed by atoms with Crippen molar-refractivity contribution in [2.45, 2.75) is 18.4 Å². The number of rotatable bonds is 4. The molecule has 0 fully saturated rings. The topological polar surface area (TPSA) is 59.0 Å². The largest absolute Gasteiger partial charge is 0.349 e. The molecule has 1 aromatic heterocycles. The van der Waals surface area contributed by atoms with Crippen LogP contribution in [0.3, 0.4) is 0 Å². The van der Waals surface area contributed by atoms with E-state index in [4.69, 9.17) is 0 Å². The third kappa shape index (κ3) is 3.11. The van der Waals surface area contributed by atoms with Crippen molar-refractivity contribution < 1.29 is 9.49 Å². The molecule has 0 saturated heterocycles. The van der Waals surface area contributed by atoms with Gasteiger partial charge >= 0.3 is 0 Å². The molecule has 0 unspecified atom stereocenters. The van der Waals surface area contributed by atoms with E-state index >= 15 is 0 Å². The number of allylic oxidation sites excluding steroid dienone is 2. The minimum Gasteiger partial charge on any atom is -0.349 e. The van der Waals surface area contributed by atoms with Crippen LogP contribution in [0.1, 0.15) is 11.9 Å². The molecule has 0 saturated carbocycles. The maximum Gasteiger partial charge on any atom is 0.271 e. The van der Waals surface area contributed by atoms with Gasteiger partial charge in [0, 0.05) is 29.2 Å². The molecule has 3 aromatic rings. The van der Waals surface area contributed by atoms with Gasteiger partial charge in [0.1, 0.15) is 11.2 Å². The Balaban J connectivity index is 1.62. The fraction of sp³-hybridized carbons (Fsp3) is 0.105. The molecule has 0 atom stereocenters. The van der Waals surface area contributed by atoms with Crippen molar-refractivity contribution in [3.05, 3.63) is 74.8 Å². The maximum atomic E-state index is 11.0. The fourth-order valence-corrected chi connectivity index (χ4v) is 4.98. The number of aryl methyl sites for hydroxylation is 1. The number of fused-ring (bicyclic) bond motifs is 2. The number of nitro groups is 1. The maximum absolute atomic E-state index is 11.0. The first kappa shape index (κ1) is 16.8. The zero-order chi connectivity index (χ0) is 18.1. The summed E-state index contributed by atoms with van der Waals surface area (Å²) < 4.78 is 3.09. The Morgan fingerprint density at radius 1 is 1.27 bits per heavy atom. The molecule has 0 bridgehead atoms. The second-order valence-electron chi connectivity index (χ2n) is 5.71. The summed E-state index contributed by atoms with van der Waals surface area (Å²) in [6.45, 7) is 2.89. The van der Waals surface area contributed by atoms with Crippen LogP contribution in [0.2, 0.25) is 0 Å². The average Bonchev–Trinajstić information content (AvgIpc) is 3.21. The van der Waals surface area contributed by atoms with E-state index < -0.39 is 0 Å². The zero-order valence-corrected chi connectivity index (χ0v) is 15.6. The van der Waals surface area contributed by atoms with Crippen LogP contribution >= 0.6 is 23.1 Å². The quantitative estimate of drug-likeness (QED) is 0.383. The van der Waals surface area contributed by atoms with Crippen molar-refractivity contribution >= 4 is 50.8 Å². The molecule has 7 heteroatoms. The number of nitrogens with one attached hydrogen (secondary N) is 1. The SMILES string of the molecule is CC[n+]1c(C=CC=C2Nc3ccccc3S2)sc2cc([N+](=O)[O-])ccc21. The molecule has 2 heterocycles. The van der Waals surface area contributed by atoms with E-state index in [1.807, 2.05) is 24.3 Å². The van der Waals surface area contributed by atoms with Gasteiger partial charge in [0.15, 0.2) is 0 Å². The van der Waals surface area contributed by atoms with Crippen molar-refractivity contribution in [2.24, 2.45) is 0 Å². The number of non-ortho nitro benzene ring substituents is 1. The molecule has 4 rings (SSSR count). The van der Waals surface area contributed by atoms with Crippen LogP contribution in [-0.2, 0) is 6.54 Å². The van der Waals surface area contributed by atoms with Gasteiger partial charge in [-0.2, -0.15) is 4.57 Å². The second kappa shape index (κ2) is 6.93. The minimum atomic E-state index is -0.351. The first-order chi connectivity index (χ1) is 12.7. The Morgan fingerprint density at radius 2 is 2.12 bits per heavy atom. The van der Waals surface area contributed by atoms with Crippen molar-refractivity contribution in [3.63, 3.8) is 0 Å². The lowest BCUT2D eigenvalue weighted by molar-refractivity contribution is -0.665. The highest BCUT2D eigenvalue weighted by Crippen LogP contribution is 2.40. The summed E-state index contributed by atoms with van der Waals surface area (Å²) in [5, 5.41) is 16.5. The van der Waals surface area contributed by atoms with Gasteiger partial charge in [-0.05, 0) is 25.1 Å². The predicted octanol–water partition coefficient (Wildman–Crippen LogP) is 5.19. The van der Waals surface area contributed by atoms with Crippen LogP contribution in [0, 0.1) is 10.1 Å². The van der Waals surface area contributed by atoms with E-state index in [0.717, 1.165) is 32.5 Å². The number of hydrogen-bond donors (Lipinski definition) is 1. The van der Waals surface area contributed by atoms with Gasteiger partial charge in [-0.1, -0.05) is 41.3 Å². The van der Waals surface area contributed by atoms with E-state index in [-0.39, 0.29) is 10.6 Å². The van der Waals surface area contributed by atoms with E-state index in [1.54, 1.807) is 35.2 Å². The summed E-state index contributed by atoms with van der Waals surface area (Å²) in [5.41, 5.74) is 2.29. The molecule has 26 heavy (non-hydrogen) atoms. The number of nitro benzene ring substituents is 1. The van der Waals surface area contributed by atoms with Crippen LogP contribution in [0.4, 0.5) is 11.4 Å². The van der Waals surface area contributed by atoms with Crippen molar-refractivity contribution in [2.75, 3.05) is 5.32 Å². The van der Waals surface area contributed by atoms with Gasteiger partial charge in [-0.25, -0.2) is 0 Å². The van der Waals surface area contributed by atoms with Crippen LogP contribution in [0.5, 0.6) is 0 Å². The van der Waals surface area contributed by atoms with Crippen molar-refractivity contribution in [1.82, 2.24) is 0 Å². The summed E-state index contributed by atoms with van der Waals surface area (Å²) >= 11 is 3.28.